The lowest BCUT2D eigenvalue weighted by molar-refractivity contribution is 1.48. The lowest BCUT2D eigenvalue weighted by atomic mass is 10.3. The first-order chi connectivity index (χ1) is 5.16. The molecule has 0 atom stereocenters. The third-order valence-corrected chi connectivity index (χ3v) is 2.46. The Labute approximate surface area is 76.6 Å². The number of nitroso groups, excluding NO2 is 1. The SMILES string of the molecule is Nc1ccc(Br)c(Cl)c1N=O. The second-order valence-electron chi connectivity index (χ2n) is 1.89. The van der Waals surface area contributed by atoms with Crippen LogP contribution in [-0.2, 0) is 0 Å². The Hall–Kier alpha value is -0.610. The van der Waals surface area contributed by atoms with Crippen LogP contribution in [0, 0.1) is 4.91 Å². The number of nitrogens with zero attached hydrogens (tertiary/aromatic N) is 1. The molecule has 0 saturated carbocycles. The highest BCUT2D eigenvalue weighted by Crippen LogP contribution is 2.36. The van der Waals surface area contributed by atoms with Crippen molar-refractivity contribution >= 4 is 38.9 Å². The van der Waals surface area contributed by atoms with Crippen LogP contribution in [0.25, 0.3) is 0 Å². The number of benzene rings is 1. The van der Waals surface area contributed by atoms with Gasteiger partial charge < -0.3 is 5.73 Å². The van der Waals surface area contributed by atoms with E-state index >= 15 is 0 Å². The zero-order valence-electron chi connectivity index (χ0n) is 5.34. The van der Waals surface area contributed by atoms with Gasteiger partial charge in [0.25, 0.3) is 0 Å². The van der Waals surface area contributed by atoms with Gasteiger partial charge in [0.1, 0.15) is 0 Å². The highest BCUT2D eigenvalue weighted by molar-refractivity contribution is 9.10. The zero-order valence-corrected chi connectivity index (χ0v) is 7.69. The number of hydrogen-bond donors (Lipinski definition) is 1. The van der Waals surface area contributed by atoms with Crippen LogP contribution in [0.15, 0.2) is 21.8 Å². The Morgan fingerprint density at radius 2 is 2.18 bits per heavy atom. The molecule has 0 unspecified atom stereocenters. The molecule has 0 fully saturated rings. The number of hydrogen-bond acceptors (Lipinski definition) is 3. The maximum Gasteiger partial charge on any atom is 0.150 e. The zero-order chi connectivity index (χ0) is 8.43. The van der Waals surface area contributed by atoms with Crippen LogP contribution in [-0.4, -0.2) is 0 Å². The van der Waals surface area contributed by atoms with Crippen molar-refractivity contribution in [2.75, 3.05) is 5.73 Å². The predicted octanol–water partition coefficient (Wildman–Crippen LogP) is 3.08. The van der Waals surface area contributed by atoms with E-state index in [2.05, 4.69) is 21.1 Å². The van der Waals surface area contributed by atoms with Crippen molar-refractivity contribution < 1.29 is 0 Å². The van der Waals surface area contributed by atoms with Gasteiger partial charge in [0.15, 0.2) is 5.69 Å². The second kappa shape index (κ2) is 3.19. The summed E-state index contributed by atoms with van der Waals surface area (Å²) >= 11 is 8.81. The van der Waals surface area contributed by atoms with E-state index in [4.69, 9.17) is 17.3 Å². The third-order valence-electron chi connectivity index (χ3n) is 1.19. The molecule has 0 bridgehead atoms. The highest BCUT2D eigenvalue weighted by Gasteiger charge is 2.07. The molecule has 0 spiro atoms. The maximum atomic E-state index is 10.2. The summed E-state index contributed by atoms with van der Waals surface area (Å²) < 4.78 is 0.614. The van der Waals surface area contributed by atoms with Crippen LogP contribution in [0.3, 0.4) is 0 Å². The van der Waals surface area contributed by atoms with Gasteiger partial charge >= 0.3 is 0 Å². The maximum absolute atomic E-state index is 10.2. The van der Waals surface area contributed by atoms with Gasteiger partial charge in [-0.1, -0.05) is 11.6 Å². The van der Waals surface area contributed by atoms with Gasteiger partial charge in [0, 0.05) is 4.47 Å². The highest BCUT2D eigenvalue weighted by atomic mass is 79.9. The minimum Gasteiger partial charge on any atom is -0.397 e. The molecule has 0 aromatic heterocycles. The van der Waals surface area contributed by atoms with Crippen LogP contribution in [0.2, 0.25) is 5.02 Å². The summed E-state index contributed by atoms with van der Waals surface area (Å²) in [6.45, 7) is 0. The van der Waals surface area contributed by atoms with E-state index in [1.165, 1.54) is 0 Å². The number of nitrogens with two attached hydrogens (primary N) is 1. The molecule has 0 aliphatic rings. The standard InChI is InChI=1S/C6H4BrClN2O/c7-3-1-2-4(9)6(10-11)5(3)8/h1-2H,9H2. The molecule has 0 heterocycles. The summed E-state index contributed by atoms with van der Waals surface area (Å²) in [6, 6.07) is 3.22. The van der Waals surface area contributed by atoms with E-state index < -0.39 is 0 Å². The molecule has 3 nitrogen and oxygen atoms in total. The molecule has 0 radical (unpaired) electrons. The predicted molar refractivity (Wildman–Crippen MR) is 49.0 cm³/mol. The molecular formula is C6H4BrClN2O. The van der Waals surface area contributed by atoms with Crippen LogP contribution in [0.1, 0.15) is 0 Å². The van der Waals surface area contributed by atoms with Crippen LogP contribution < -0.4 is 5.73 Å². The van der Waals surface area contributed by atoms with Crippen molar-refractivity contribution in [2.24, 2.45) is 5.18 Å². The smallest absolute Gasteiger partial charge is 0.150 e. The fraction of sp³-hybridized carbons (Fsp3) is 0. The summed E-state index contributed by atoms with van der Waals surface area (Å²) in [6.07, 6.45) is 0. The number of nitrogen functional groups attached to an aromatic ring is 1. The largest absolute Gasteiger partial charge is 0.397 e. The summed E-state index contributed by atoms with van der Waals surface area (Å²) in [5, 5.41) is 2.94. The average molecular weight is 235 g/mol. The van der Waals surface area contributed by atoms with Gasteiger partial charge in [-0.05, 0) is 33.2 Å². The number of rotatable bonds is 1. The Kier molecular flexibility index (Phi) is 2.46. The van der Waals surface area contributed by atoms with Gasteiger partial charge in [0.05, 0.1) is 10.7 Å². The molecule has 0 amide bonds. The lowest BCUT2D eigenvalue weighted by Crippen LogP contribution is -1.85. The van der Waals surface area contributed by atoms with Crippen LogP contribution in [0.5, 0.6) is 0 Å². The molecule has 0 saturated heterocycles. The third kappa shape index (κ3) is 1.52. The summed E-state index contributed by atoms with van der Waals surface area (Å²) in [4.78, 5) is 10.2. The molecule has 2 N–H and O–H groups in total. The molecule has 1 aromatic rings. The Morgan fingerprint density at radius 1 is 1.55 bits per heavy atom. The van der Waals surface area contributed by atoms with Crippen molar-refractivity contribution in [3.8, 4) is 0 Å². The van der Waals surface area contributed by atoms with Crippen molar-refractivity contribution in [1.82, 2.24) is 0 Å². The Balaban J connectivity index is 3.40. The topological polar surface area (TPSA) is 55.4 Å². The van der Waals surface area contributed by atoms with Crippen molar-refractivity contribution in [3.63, 3.8) is 0 Å². The van der Waals surface area contributed by atoms with E-state index in [-0.39, 0.29) is 16.4 Å². The normalized spacial score (nSPS) is 9.64. The van der Waals surface area contributed by atoms with E-state index in [1.807, 2.05) is 0 Å². The Morgan fingerprint density at radius 3 is 2.64 bits per heavy atom. The summed E-state index contributed by atoms with van der Waals surface area (Å²) in [5.74, 6) is 0. The molecule has 1 rings (SSSR count). The van der Waals surface area contributed by atoms with Gasteiger partial charge in [-0.15, -0.1) is 4.91 Å². The lowest BCUT2D eigenvalue weighted by Gasteiger charge is -2.00. The van der Waals surface area contributed by atoms with Gasteiger partial charge in [-0.3, -0.25) is 0 Å². The first kappa shape index (κ1) is 8.49. The van der Waals surface area contributed by atoms with Gasteiger partial charge in [0.2, 0.25) is 0 Å². The molecule has 0 aliphatic carbocycles. The quantitative estimate of drug-likeness (QED) is 0.601. The minimum absolute atomic E-state index is 0.0843. The van der Waals surface area contributed by atoms with Gasteiger partial charge in [-0.25, -0.2) is 0 Å². The molecule has 5 heteroatoms. The Bertz CT molecular complexity index is 303. The van der Waals surface area contributed by atoms with E-state index in [0.717, 1.165) is 0 Å². The van der Waals surface area contributed by atoms with Crippen LogP contribution in [0.4, 0.5) is 11.4 Å². The number of halogens is 2. The van der Waals surface area contributed by atoms with E-state index in [1.54, 1.807) is 12.1 Å². The van der Waals surface area contributed by atoms with E-state index in [0.29, 0.717) is 4.47 Å². The first-order valence-corrected chi connectivity index (χ1v) is 3.90. The molecule has 11 heavy (non-hydrogen) atoms. The minimum atomic E-state index is 0.0843. The average Bonchev–Trinajstić information content (AvgIpc) is 1.99. The molecule has 0 aliphatic heterocycles. The molecule has 1 aromatic carbocycles. The van der Waals surface area contributed by atoms with Crippen molar-refractivity contribution in [1.29, 1.82) is 0 Å². The van der Waals surface area contributed by atoms with E-state index in [9.17, 15) is 4.91 Å². The van der Waals surface area contributed by atoms with Crippen molar-refractivity contribution in [2.45, 2.75) is 0 Å². The monoisotopic (exact) mass is 234 g/mol. The second-order valence-corrected chi connectivity index (χ2v) is 3.12. The fourth-order valence-electron chi connectivity index (χ4n) is 0.648. The summed E-state index contributed by atoms with van der Waals surface area (Å²) in [5.41, 5.74) is 5.77. The summed E-state index contributed by atoms with van der Waals surface area (Å²) in [7, 11) is 0. The van der Waals surface area contributed by atoms with Crippen molar-refractivity contribution in [3.05, 3.63) is 26.5 Å². The molecule has 58 valence electrons. The molecular weight excluding hydrogens is 231 g/mol. The van der Waals surface area contributed by atoms with Crippen LogP contribution >= 0.6 is 27.5 Å². The fourth-order valence-corrected chi connectivity index (χ4v) is 1.17. The first-order valence-electron chi connectivity index (χ1n) is 2.73. The number of anilines is 1. The van der Waals surface area contributed by atoms with Gasteiger partial charge in [-0.2, -0.15) is 0 Å².